The number of morpholine rings is 1. The van der Waals surface area contributed by atoms with Gasteiger partial charge in [0.25, 0.3) is 0 Å². The van der Waals surface area contributed by atoms with Crippen molar-refractivity contribution in [3.05, 3.63) is 15.0 Å². The zero-order chi connectivity index (χ0) is 18.5. The molecule has 2 aliphatic rings. The number of piperidine rings is 1. The molecular formula is C17H25ClN4O3S. The highest BCUT2D eigenvalue weighted by Crippen LogP contribution is 2.23. The second-order valence-electron chi connectivity index (χ2n) is 6.73. The Morgan fingerprint density at radius 3 is 2.77 bits per heavy atom. The van der Waals surface area contributed by atoms with Crippen molar-refractivity contribution in [2.45, 2.75) is 19.8 Å². The Kier molecular flexibility index (Phi) is 6.86. The summed E-state index contributed by atoms with van der Waals surface area (Å²) in [6.45, 7) is 6.12. The maximum Gasteiger partial charge on any atom is 0.227 e. The zero-order valence-electron chi connectivity index (χ0n) is 14.9. The van der Waals surface area contributed by atoms with E-state index in [1.54, 1.807) is 0 Å². The van der Waals surface area contributed by atoms with E-state index in [9.17, 15) is 9.59 Å². The van der Waals surface area contributed by atoms with Crippen LogP contribution >= 0.6 is 22.9 Å². The van der Waals surface area contributed by atoms with Crippen molar-refractivity contribution in [1.82, 2.24) is 20.5 Å². The fraction of sp³-hybridized carbons (Fsp3) is 0.706. The van der Waals surface area contributed by atoms with Gasteiger partial charge in [-0.3, -0.25) is 9.59 Å². The number of thiazole rings is 1. The number of amides is 2. The van der Waals surface area contributed by atoms with E-state index in [2.05, 4.69) is 15.6 Å². The number of carbonyl (C=O) groups is 2. The lowest BCUT2D eigenvalue weighted by Crippen LogP contribution is -2.51. The van der Waals surface area contributed by atoms with Crippen LogP contribution in [0.3, 0.4) is 0 Å². The molecule has 2 aliphatic heterocycles. The molecule has 2 fully saturated rings. The number of ether oxygens (including phenoxy) is 1. The van der Waals surface area contributed by atoms with Gasteiger partial charge in [-0.2, -0.15) is 0 Å². The number of rotatable bonds is 5. The van der Waals surface area contributed by atoms with Gasteiger partial charge < -0.3 is 20.3 Å². The van der Waals surface area contributed by atoms with E-state index in [-0.39, 0.29) is 23.7 Å². The van der Waals surface area contributed by atoms with Gasteiger partial charge >= 0.3 is 0 Å². The van der Waals surface area contributed by atoms with Crippen LogP contribution in [-0.4, -0.2) is 67.6 Å². The molecule has 26 heavy (non-hydrogen) atoms. The Balaban J connectivity index is 1.45. The smallest absolute Gasteiger partial charge is 0.227 e. The van der Waals surface area contributed by atoms with Crippen molar-refractivity contribution in [3.8, 4) is 0 Å². The zero-order valence-corrected chi connectivity index (χ0v) is 16.5. The molecule has 0 unspecified atom stereocenters. The minimum absolute atomic E-state index is 0.00338. The monoisotopic (exact) mass is 400 g/mol. The summed E-state index contributed by atoms with van der Waals surface area (Å²) in [6.07, 6.45) is 1.26. The molecule has 2 saturated heterocycles. The van der Waals surface area contributed by atoms with Crippen molar-refractivity contribution in [2.75, 3.05) is 45.9 Å². The summed E-state index contributed by atoms with van der Waals surface area (Å²) in [5.41, 5.74) is 0.832. The molecule has 2 amide bonds. The van der Waals surface area contributed by atoms with Crippen molar-refractivity contribution >= 4 is 34.8 Å². The average molecular weight is 401 g/mol. The molecule has 144 valence electrons. The van der Waals surface area contributed by atoms with Crippen molar-refractivity contribution in [3.63, 3.8) is 0 Å². The molecule has 0 saturated carbocycles. The van der Waals surface area contributed by atoms with Crippen LogP contribution in [0.25, 0.3) is 0 Å². The molecule has 2 atom stereocenters. The Morgan fingerprint density at radius 1 is 1.35 bits per heavy atom. The molecule has 7 nitrogen and oxygen atoms in total. The first kappa shape index (κ1) is 19.5. The largest absolute Gasteiger partial charge is 0.378 e. The van der Waals surface area contributed by atoms with Crippen molar-refractivity contribution < 1.29 is 14.3 Å². The van der Waals surface area contributed by atoms with Crippen LogP contribution in [0.5, 0.6) is 0 Å². The Hall–Kier alpha value is -1.22. The number of hydrogen-bond acceptors (Lipinski definition) is 6. The van der Waals surface area contributed by atoms with Crippen molar-refractivity contribution in [1.29, 1.82) is 0 Å². The average Bonchev–Trinajstić information content (AvgIpc) is 2.99. The van der Waals surface area contributed by atoms with Crippen LogP contribution in [0, 0.1) is 18.8 Å². The predicted molar refractivity (Wildman–Crippen MR) is 100 cm³/mol. The molecule has 0 aliphatic carbocycles. The van der Waals surface area contributed by atoms with Gasteiger partial charge in [0.1, 0.15) is 4.34 Å². The van der Waals surface area contributed by atoms with Gasteiger partial charge in [-0.15, -0.1) is 11.3 Å². The molecule has 0 bridgehead atoms. The number of nitrogens with one attached hydrogen (secondary N) is 2. The van der Waals surface area contributed by atoms with E-state index in [0.717, 1.165) is 10.7 Å². The first-order chi connectivity index (χ1) is 12.5. The number of halogens is 1. The summed E-state index contributed by atoms with van der Waals surface area (Å²) < 4.78 is 6.00. The van der Waals surface area contributed by atoms with Gasteiger partial charge in [0.05, 0.1) is 35.8 Å². The quantitative estimate of drug-likeness (QED) is 0.765. The van der Waals surface area contributed by atoms with Crippen LogP contribution in [0.15, 0.2) is 0 Å². The van der Waals surface area contributed by atoms with Crippen LogP contribution in [0.1, 0.15) is 17.1 Å². The number of hydrogen-bond donors (Lipinski definition) is 2. The lowest BCUT2D eigenvalue weighted by Gasteiger charge is -2.34. The molecule has 0 radical (unpaired) electrons. The molecule has 3 heterocycles. The van der Waals surface area contributed by atoms with Gasteiger partial charge in [-0.1, -0.05) is 11.6 Å². The van der Waals surface area contributed by atoms with Gasteiger partial charge in [0.2, 0.25) is 11.8 Å². The van der Waals surface area contributed by atoms with E-state index in [1.807, 2.05) is 11.8 Å². The number of nitrogens with zero attached hydrogens (tertiary/aromatic N) is 2. The SMILES string of the molecule is Cc1nc(CCNC(=O)[C@H]2CNC[C@H](C(=O)N3CCOCC3)C2)sc1Cl. The van der Waals surface area contributed by atoms with Crippen LogP contribution in [0.2, 0.25) is 4.34 Å². The minimum Gasteiger partial charge on any atom is -0.378 e. The molecule has 9 heteroatoms. The number of aromatic nitrogens is 1. The molecule has 3 rings (SSSR count). The van der Waals surface area contributed by atoms with Gasteiger partial charge in [0.15, 0.2) is 0 Å². The lowest BCUT2D eigenvalue weighted by atomic mass is 9.88. The van der Waals surface area contributed by atoms with E-state index < -0.39 is 0 Å². The molecule has 1 aromatic rings. The first-order valence-electron chi connectivity index (χ1n) is 9.01. The Morgan fingerprint density at radius 2 is 2.08 bits per heavy atom. The summed E-state index contributed by atoms with van der Waals surface area (Å²) >= 11 is 7.47. The standard InChI is InChI=1S/C17H25ClN4O3S/c1-11-15(18)26-14(21-11)2-3-20-16(23)12-8-13(10-19-9-12)17(24)22-4-6-25-7-5-22/h12-13,19H,2-10H2,1H3,(H,20,23)/t12-,13-/m1/s1. The highest BCUT2D eigenvalue weighted by atomic mass is 35.5. The molecule has 2 N–H and O–H groups in total. The maximum atomic E-state index is 12.6. The second kappa shape index (κ2) is 9.12. The first-order valence-corrected chi connectivity index (χ1v) is 10.2. The lowest BCUT2D eigenvalue weighted by molar-refractivity contribution is -0.141. The van der Waals surface area contributed by atoms with Crippen LogP contribution in [-0.2, 0) is 20.7 Å². The minimum atomic E-state index is -0.180. The predicted octanol–water partition coefficient (Wildman–Crippen LogP) is 0.848. The maximum absolute atomic E-state index is 12.6. The Bertz CT molecular complexity index is 628. The molecule has 1 aromatic heterocycles. The van der Waals surface area contributed by atoms with Crippen LogP contribution < -0.4 is 10.6 Å². The third-order valence-electron chi connectivity index (χ3n) is 4.82. The van der Waals surface area contributed by atoms with E-state index >= 15 is 0 Å². The van der Waals surface area contributed by atoms with Crippen LogP contribution in [0.4, 0.5) is 0 Å². The fourth-order valence-electron chi connectivity index (χ4n) is 3.35. The highest BCUT2D eigenvalue weighted by Gasteiger charge is 2.33. The third kappa shape index (κ3) is 4.94. The van der Waals surface area contributed by atoms with E-state index in [4.69, 9.17) is 16.3 Å². The van der Waals surface area contributed by atoms with Gasteiger partial charge in [-0.05, 0) is 13.3 Å². The summed E-state index contributed by atoms with van der Waals surface area (Å²) in [7, 11) is 0. The molecular weight excluding hydrogens is 376 g/mol. The third-order valence-corrected chi connectivity index (χ3v) is 6.33. The van der Waals surface area contributed by atoms with Crippen molar-refractivity contribution in [2.24, 2.45) is 11.8 Å². The normalized spacial score (nSPS) is 23.7. The Labute approximate surface area is 162 Å². The summed E-state index contributed by atoms with van der Waals surface area (Å²) in [5, 5.41) is 7.13. The molecule has 0 spiro atoms. The number of aryl methyl sites for hydroxylation is 1. The van der Waals surface area contributed by atoms with Gasteiger partial charge in [0, 0.05) is 39.1 Å². The number of carbonyl (C=O) groups excluding carboxylic acids is 2. The second-order valence-corrected chi connectivity index (χ2v) is 8.42. The topological polar surface area (TPSA) is 83.6 Å². The summed E-state index contributed by atoms with van der Waals surface area (Å²) in [4.78, 5) is 31.3. The molecule has 0 aromatic carbocycles. The van der Waals surface area contributed by atoms with E-state index in [0.29, 0.717) is 63.1 Å². The van der Waals surface area contributed by atoms with E-state index in [1.165, 1.54) is 11.3 Å². The highest BCUT2D eigenvalue weighted by molar-refractivity contribution is 7.16. The fourth-order valence-corrected chi connectivity index (χ4v) is 4.44. The summed E-state index contributed by atoms with van der Waals surface area (Å²) in [6, 6.07) is 0. The van der Waals surface area contributed by atoms with Gasteiger partial charge in [-0.25, -0.2) is 4.98 Å². The summed E-state index contributed by atoms with van der Waals surface area (Å²) in [5.74, 6) is -0.194.